The molecule has 5 atom stereocenters. The van der Waals surface area contributed by atoms with Gasteiger partial charge in [0, 0.05) is 0 Å². The van der Waals surface area contributed by atoms with E-state index in [9.17, 15) is 19.2 Å². The number of aromatic nitrogens is 4. The maximum Gasteiger partial charge on any atom is 0.407 e. The predicted molar refractivity (Wildman–Crippen MR) is 268 cm³/mol. The van der Waals surface area contributed by atoms with Crippen LogP contribution in [0.2, 0.25) is 0 Å². The molecule has 69 heavy (non-hydrogen) atoms. The normalized spacial score (nSPS) is 18.8. The number of hydrogen-bond acceptors (Lipinski definition) is 12. The number of ether oxygens (including phenoxy) is 4. The summed E-state index contributed by atoms with van der Waals surface area (Å²) in [7, 11) is 2.57. The Morgan fingerprint density at radius 1 is 0.696 bits per heavy atom. The number of H-pyrrole nitrogens is 2. The van der Waals surface area contributed by atoms with Crippen LogP contribution in [0.1, 0.15) is 71.7 Å². The van der Waals surface area contributed by atoms with E-state index in [0.717, 1.165) is 52.5 Å². The van der Waals surface area contributed by atoms with E-state index in [1.54, 1.807) is 33.3 Å². The molecule has 0 spiro atoms. The summed E-state index contributed by atoms with van der Waals surface area (Å²) in [5, 5.41) is 5.41. The van der Waals surface area contributed by atoms with Gasteiger partial charge in [-0.1, -0.05) is 55.5 Å². The van der Waals surface area contributed by atoms with Gasteiger partial charge in [-0.15, -0.1) is 0 Å². The largest absolute Gasteiger partial charge is 0.453 e. The van der Waals surface area contributed by atoms with Crippen LogP contribution in [0.5, 0.6) is 0 Å². The number of benzene rings is 4. The quantitative estimate of drug-likeness (QED) is 0.0827. The van der Waals surface area contributed by atoms with E-state index in [1.807, 2.05) is 24.6 Å². The molecule has 12 rings (SSSR count). The molecule has 0 radical (unpaired) electrons. The van der Waals surface area contributed by atoms with Crippen LogP contribution < -0.4 is 10.6 Å². The summed E-state index contributed by atoms with van der Waals surface area (Å²) in [4.78, 5) is 72.1. The number of fused-ring (bicyclic) bond motifs is 2. The lowest BCUT2D eigenvalue weighted by Gasteiger charge is -2.26. The molecular formula is C51H58N8O8S2. The first-order valence-electron chi connectivity index (χ1n) is 23.2. The van der Waals surface area contributed by atoms with E-state index >= 15 is 0 Å². The highest BCUT2D eigenvalue weighted by Crippen LogP contribution is 2.37. The fourth-order valence-corrected chi connectivity index (χ4v) is 10.6. The number of imidazole rings is 2. The molecule has 16 nitrogen and oxygen atoms in total. The van der Waals surface area contributed by atoms with Crippen molar-refractivity contribution in [2.75, 3.05) is 64.9 Å². The van der Waals surface area contributed by atoms with Gasteiger partial charge in [0.25, 0.3) is 0 Å². The molecule has 4 amide bonds. The van der Waals surface area contributed by atoms with E-state index < -0.39 is 36.4 Å². The van der Waals surface area contributed by atoms with Crippen LogP contribution in [0.25, 0.3) is 44.3 Å². The van der Waals surface area contributed by atoms with Crippen molar-refractivity contribution in [2.24, 2.45) is 0 Å². The maximum atomic E-state index is 13.8. The molecule has 4 aliphatic carbocycles. The summed E-state index contributed by atoms with van der Waals surface area (Å²) >= 11 is 3.21. The monoisotopic (exact) mass is 974 g/mol. The number of alkyl carbamates (subject to hydrolysis) is 2. The number of aromatic amines is 2. The zero-order chi connectivity index (χ0) is 48.2. The topological polar surface area (TPSA) is 193 Å². The van der Waals surface area contributed by atoms with E-state index in [0.29, 0.717) is 36.0 Å². The smallest absolute Gasteiger partial charge is 0.407 e. The zero-order valence-electron chi connectivity index (χ0n) is 39.5. The Kier molecular flexibility index (Phi) is 14.8. The molecule has 18 heteroatoms. The van der Waals surface area contributed by atoms with E-state index in [4.69, 9.17) is 28.9 Å². The third-order valence-corrected chi connectivity index (χ3v) is 14.7. The summed E-state index contributed by atoms with van der Waals surface area (Å²) in [5.74, 6) is 2.38. The fraction of sp³-hybridized carbons (Fsp3) is 0.412. The lowest BCUT2D eigenvalue weighted by molar-refractivity contribution is -0.136. The Hall–Kier alpha value is -6.08. The van der Waals surface area contributed by atoms with Gasteiger partial charge >= 0.3 is 12.2 Å². The van der Waals surface area contributed by atoms with Crippen LogP contribution in [0.3, 0.4) is 0 Å². The Bertz CT molecular complexity index is 2870. The van der Waals surface area contributed by atoms with Gasteiger partial charge in [0.05, 0.1) is 49.5 Å². The number of hydrogen-bond donors (Lipinski definition) is 4. The highest BCUT2D eigenvalue weighted by molar-refractivity contribution is 7.98. The molecule has 0 saturated carbocycles. The summed E-state index contributed by atoms with van der Waals surface area (Å²) in [5.41, 5.74) is 12.8. The SMILES string of the molecule is COC(=O)NC(CCSC)C(=O)N1COCC1c1nc2ccc(-c3cc4ccc3CCc3ccc(c(-c5ccc6nc(C7COCN7C(=O)C(CCSC)NC(=O)OC)[nH]c6c5)c3)CC4C)cc2[nH]1. The van der Waals surface area contributed by atoms with Crippen molar-refractivity contribution < 1.29 is 38.1 Å². The van der Waals surface area contributed by atoms with Crippen LogP contribution in [-0.2, 0) is 47.8 Å². The first-order valence-corrected chi connectivity index (χ1v) is 26.0. The van der Waals surface area contributed by atoms with Crippen LogP contribution in [0.15, 0.2) is 72.8 Å². The second-order valence-corrected chi connectivity index (χ2v) is 19.8. The van der Waals surface area contributed by atoms with E-state index in [2.05, 4.69) is 88.2 Å². The number of methoxy groups -OCH3 is 2. The van der Waals surface area contributed by atoms with Crippen molar-refractivity contribution in [1.82, 2.24) is 40.4 Å². The molecule has 6 aliphatic rings. The minimum absolute atomic E-state index is 0.100. The molecule has 5 unspecified atom stereocenters. The van der Waals surface area contributed by atoms with Crippen LogP contribution in [-0.4, -0.2) is 131 Å². The van der Waals surface area contributed by atoms with Crippen molar-refractivity contribution in [3.05, 3.63) is 107 Å². The minimum Gasteiger partial charge on any atom is -0.453 e. The molecule has 4 aromatic carbocycles. The molecular weight excluding hydrogens is 917 g/mol. The fourth-order valence-electron chi connectivity index (χ4n) is 9.61. The molecule has 4 N–H and O–H groups in total. The van der Waals surface area contributed by atoms with Gasteiger partial charge in [-0.2, -0.15) is 23.5 Å². The number of thioether (sulfide) groups is 2. The number of carbonyl (C=O) groups excluding carboxylic acids is 4. The highest BCUT2D eigenvalue weighted by Gasteiger charge is 2.39. The number of carbonyl (C=O) groups is 4. The Morgan fingerprint density at radius 3 is 1.74 bits per heavy atom. The molecule has 4 bridgehead atoms. The van der Waals surface area contributed by atoms with Gasteiger partial charge in [-0.25, -0.2) is 19.6 Å². The average Bonchev–Trinajstić information content (AvgIpc) is 4.21. The molecule has 4 heterocycles. The lowest BCUT2D eigenvalue weighted by Crippen LogP contribution is -2.49. The molecule has 362 valence electrons. The second kappa shape index (κ2) is 21.3. The van der Waals surface area contributed by atoms with Gasteiger partial charge < -0.3 is 49.3 Å². The van der Waals surface area contributed by atoms with Crippen molar-refractivity contribution in [2.45, 2.75) is 69.1 Å². The van der Waals surface area contributed by atoms with Gasteiger partial charge in [0.1, 0.15) is 49.3 Å². The van der Waals surface area contributed by atoms with Crippen molar-refractivity contribution in [3.63, 3.8) is 0 Å². The van der Waals surface area contributed by atoms with Crippen LogP contribution in [0.4, 0.5) is 9.59 Å². The van der Waals surface area contributed by atoms with Crippen molar-refractivity contribution in [3.8, 4) is 22.3 Å². The first kappa shape index (κ1) is 48.0. The number of nitrogens with zero attached hydrogens (tertiary/aromatic N) is 4. The molecule has 2 saturated heterocycles. The van der Waals surface area contributed by atoms with Crippen LogP contribution >= 0.6 is 23.5 Å². The van der Waals surface area contributed by atoms with E-state index in [-0.39, 0.29) is 44.4 Å². The average molecular weight is 975 g/mol. The molecule has 2 fully saturated rings. The number of rotatable bonds is 14. The second-order valence-electron chi connectivity index (χ2n) is 17.8. The summed E-state index contributed by atoms with van der Waals surface area (Å²) in [6, 6.07) is 24.0. The summed E-state index contributed by atoms with van der Waals surface area (Å²) < 4.78 is 21.2. The van der Waals surface area contributed by atoms with Crippen molar-refractivity contribution in [1.29, 1.82) is 0 Å². The highest BCUT2D eigenvalue weighted by atomic mass is 32.2. The number of aryl methyl sites for hydroxylation is 2. The Balaban J connectivity index is 0.947. The maximum absolute atomic E-state index is 13.8. The Morgan fingerprint density at radius 2 is 1.22 bits per heavy atom. The van der Waals surface area contributed by atoms with Gasteiger partial charge in [0.2, 0.25) is 11.8 Å². The number of nitrogens with one attached hydrogen (secondary N) is 4. The predicted octanol–water partition coefficient (Wildman–Crippen LogP) is 7.89. The third-order valence-electron chi connectivity index (χ3n) is 13.4. The summed E-state index contributed by atoms with van der Waals surface area (Å²) in [6.45, 7) is 3.05. The minimum atomic E-state index is -0.748. The lowest BCUT2D eigenvalue weighted by atomic mass is 9.84. The zero-order valence-corrected chi connectivity index (χ0v) is 41.1. The standard InChI is InChI=1S/C51H58N8O8S2/c1-29-20-33-9-7-30(21-36(33)34-12-14-38-42(23-34)54-46(52-38)44-25-66-27-58(44)48(60)40(16-18-68-4)56-50(62)64-2)6-8-31-10-11-32(29)22-37(31)35-13-15-39-43(24-35)55-47(53-39)45-26-67-28-59(45)49(61)41(17-19-69-5)57-51(63)65-3/h7,9-15,21-24,29,40-41,44-45H,6,8,16-20,25-28H2,1-5H3,(H,52,54)(H,53,55)(H,56,62)(H,57,63). The van der Waals surface area contributed by atoms with Gasteiger partial charge in [-0.05, 0) is 131 Å². The molecule has 2 aliphatic heterocycles. The van der Waals surface area contributed by atoms with Crippen LogP contribution in [0, 0.1) is 0 Å². The molecule has 6 aromatic rings. The van der Waals surface area contributed by atoms with E-state index in [1.165, 1.54) is 47.6 Å². The molecule has 2 aromatic heterocycles. The first-order chi connectivity index (χ1) is 33.5. The number of amides is 4. The Labute approximate surface area is 409 Å². The van der Waals surface area contributed by atoms with Crippen molar-refractivity contribution >= 4 is 69.6 Å². The van der Waals surface area contributed by atoms with Gasteiger partial charge in [0.15, 0.2) is 0 Å². The van der Waals surface area contributed by atoms with Gasteiger partial charge in [-0.3, -0.25) is 9.59 Å². The summed E-state index contributed by atoms with van der Waals surface area (Å²) in [6.07, 6.45) is 6.04. The third kappa shape index (κ3) is 10.3.